The number of hydrogen-bond donors (Lipinski definition) is 2. The van der Waals surface area contributed by atoms with E-state index in [-0.39, 0.29) is 12.0 Å². The molecule has 6 nitrogen and oxygen atoms in total. The summed E-state index contributed by atoms with van der Waals surface area (Å²) in [5.41, 5.74) is -0.276. The van der Waals surface area contributed by atoms with Gasteiger partial charge in [0, 0.05) is 20.3 Å². The first-order valence-corrected chi connectivity index (χ1v) is 6.87. The zero-order valence-corrected chi connectivity index (χ0v) is 11.5. The summed E-state index contributed by atoms with van der Waals surface area (Å²) < 4.78 is 30.4. The summed E-state index contributed by atoms with van der Waals surface area (Å²) in [7, 11) is -2.23. The van der Waals surface area contributed by atoms with E-state index in [9.17, 15) is 13.2 Å². The Bertz CT molecular complexity index is 350. The summed E-state index contributed by atoms with van der Waals surface area (Å²) in [6.45, 7) is 5.65. The molecular formula is C10H21NO5S. The van der Waals surface area contributed by atoms with Crippen molar-refractivity contribution < 1.29 is 23.1 Å². The molecule has 102 valence electrons. The third kappa shape index (κ3) is 5.99. The highest BCUT2D eigenvalue weighted by atomic mass is 32.2. The Morgan fingerprint density at radius 3 is 2.41 bits per heavy atom. The number of aliphatic carboxylic acids is 1. The summed E-state index contributed by atoms with van der Waals surface area (Å²) >= 11 is 0. The maximum Gasteiger partial charge on any atom is 0.323 e. The van der Waals surface area contributed by atoms with Crippen LogP contribution in [-0.2, 0) is 19.6 Å². The second kappa shape index (κ2) is 6.32. The van der Waals surface area contributed by atoms with Gasteiger partial charge in [0.05, 0.1) is 0 Å². The molecule has 0 amide bonds. The SMILES string of the molecule is COCCC(C)(C)CNS(=O)(=O)C(C)C(=O)O. The van der Waals surface area contributed by atoms with E-state index in [2.05, 4.69) is 4.72 Å². The highest BCUT2D eigenvalue weighted by molar-refractivity contribution is 7.90. The van der Waals surface area contributed by atoms with Gasteiger partial charge in [-0.05, 0) is 18.8 Å². The van der Waals surface area contributed by atoms with E-state index in [1.165, 1.54) is 0 Å². The summed E-state index contributed by atoms with van der Waals surface area (Å²) in [5.74, 6) is -1.35. The normalized spacial score (nSPS) is 14.6. The van der Waals surface area contributed by atoms with Crippen LogP contribution in [0.25, 0.3) is 0 Å². The van der Waals surface area contributed by atoms with Gasteiger partial charge in [0.15, 0.2) is 5.25 Å². The fourth-order valence-electron chi connectivity index (χ4n) is 1.02. The van der Waals surface area contributed by atoms with Crippen LogP contribution in [0.4, 0.5) is 0 Å². The monoisotopic (exact) mass is 267 g/mol. The number of rotatable bonds is 8. The molecule has 0 aliphatic carbocycles. The molecule has 0 radical (unpaired) electrons. The fraction of sp³-hybridized carbons (Fsp3) is 0.900. The van der Waals surface area contributed by atoms with Crippen molar-refractivity contribution in [2.24, 2.45) is 5.41 Å². The molecule has 0 saturated carbocycles. The molecule has 0 aromatic rings. The van der Waals surface area contributed by atoms with Crippen molar-refractivity contribution in [2.75, 3.05) is 20.3 Å². The van der Waals surface area contributed by atoms with E-state index >= 15 is 0 Å². The third-order valence-corrected chi connectivity index (χ3v) is 4.23. The van der Waals surface area contributed by atoms with E-state index < -0.39 is 21.2 Å². The molecule has 0 rings (SSSR count). The lowest BCUT2D eigenvalue weighted by Crippen LogP contribution is -2.42. The van der Waals surface area contributed by atoms with Crippen LogP contribution in [0, 0.1) is 5.41 Å². The average Bonchev–Trinajstić information content (AvgIpc) is 2.23. The third-order valence-electron chi connectivity index (χ3n) is 2.55. The maximum atomic E-state index is 11.6. The van der Waals surface area contributed by atoms with Gasteiger partial charge in [-0.25, -0.2) is 13.1 Å². The Labute approximate surface area is 102 Å². The molecule has 0 bridgehead atoms. The number of carboxylic acid groups (broad SMARTS) is 1. The number of sulfonamides is 1. The lowest BCUT2D eigenvalue weighted by molar-refractivity contribution is -0.136. The summed E-state index contributed by atoms with van der Waals surface area (Å²) in [6, 6.07) is 0. The molecule has 0 aliphatic rings. The molecular weight excluding hydrogens is 246 g/mol. The van der Waals surface area contributed by atoms with Crippen LogP contribution in [0.2, 0.25) is 0 Å². The Kier molecular flexibility index (Phi) is 6.08. The molecule has 7 heteroatoms. The molecule has 17 heavy (non-hydrogen) atoms. The van der Waals surface area contributed by atoms with E-state index in [1.807, 2.05) is 13.8 Å². The number of methoxy groups -OCH3 is 1. The Balaban J connectivity index is 4.41. The minimum atomic E-state index is -3.81. The van der Waals surface area contributed by atoms with Gasteiger partial charge >= 0.3 is 5.97 Å². The lowest BCUT2D eigenvalue weighted by atomic mass is 9.90. The van der Waals surface area contributed by atoms with Crippen molar-refractivity contribution >= 4 is 16.0 Å². The Morgan fingerprint density at radius 2 is 2.00 bits per heavy atom. The molecule has 0 aliphatic heterocycles. The summed E-state index contributed by atoms with van der Waals surface area (Å²) in [5, 5.41) is 7.21. The quantitative estimate of drug-likeness (QED) is 0.665. The van der Waals surface area contributed by atoms with Gasteiger partial charge in [-0.3, -0.25) is 4.79 Å². The standard InChI is InChI=1S/C10H21NO5S/c1-8(9(12)13)17(14,15)11-7-10(2,3)5-6-16-4/h8,11H,5-7H2,1-4H3,(H,12,13). The van der Waals surface area contributed by atoms with Gasteiger partial charge in [-0.15, -0.1) is 0 Å². The minimum Gasteiger partial charge on any atom is -0.480 e. The van der Waals surface area contributed by atoms with E-state index in [0.717, 1.165) is 6.92 Å². The van der Waals surface area contributed by atoms with Gasteiger partial charge < -0.3 is 9.84 Å². The first-order valence-electron chi connectivity index (χ1n) is 5.32. The van der Waals surface area contributed by atoms with Crippen molar-refractivity contribution in [2.45, 2.75) is 32.4 Å². The number of carbonyl (C=O) groups is 1. The molecule has 0 fully saturated rings. The summed E-state index contributed by atoms with van der Waals surface area (Å²) in [6.07, 6.45) is 0.688. The molecule has 0 aromatic carbocycles. The van der Waals surface area contributed by atoms with Crippen molar-refractivity contribution in [3.8, 4) is 0 Å². The minimum absolute atomic E-state index is 0.191. The number of ether oxygens (including phenoxy) is 1. The Morgan fingerprint density at radius 1 is 1.47 bits per heavy atom. The van der Waals surface area contributed by atoms with Crippen LogP contribution < -0.4 is 4.72 Å². The fourth-order valence-corrected chi connectivity index (χ4v) is 2.13. The van der Waals surface area contributed by atoms with Crippen LogP contribution in [-0.4, -0.2) is 45.0 Å². The topological polar surface area (TPSA) is 92.7 Å². The van der Waals surface area contributed by atoms with Crippen molar-refractivity contribution in [3.05, 3.63) is 0 Å². The van der Waals surface area contributed by atoms with Crippen LogP contribution >= 0.6 is 0 Å². The predicted molar refractivity (Wildman–Crippen MR) is 64.3 cm³/mol. The van der Waals surface area contributed by atoms with Crippen LogP contribution in [0.3, 0.4) is 0 Å². The smallest absolute Gasteiger partial charge is 0.323 e. The predicted octanol–water partition coefficient (Wildman–Crippen LogP) is 0.442. The number of carboxylic acids is 1. The first kappa shape index (κ1) is 16.3. The second-order valence-electron chi connectivity index (χ2n) is 4.75. The van der Waals surface area contributed by atoms with E-state index in [1.54, 1.807) is 7.11 Å². The van der Waals surface area contributed by atoms with Crippen molar-refractivity contribution in [1.82, 2.24) is 4.72 Å². The average molecular weight is 267 g/mol. The number of hydrogen-bond acceptors (Lipinski definition) is 4. The summed E-state index contributed by atoms with van der Waals surface area (Å²) in [4.78, 5) is 10.6. The zero-order chi connectivity index (χ0) is 13.7. The van der Waals surface area contributed by atoms with Gasteiger partial charge in [-0.2, -0.15) is 0 Å². The second-order valence-corrected chi connectivity index (χ2v) is 6.84. The molecule has 0 heterocycles. The highest BCUT2D eigenvalue weighted by Crippen LogP contribution is 2.19. The molecule has 0 saturated heterocycles. The van der Waals surface area contributed by atoms with Gasteiger partial charge in [0.25, 0.3) is 0 Å². The van der Waals surface area contributed by atoms with E-state index in [4.69, 9.17) is 9.84 Å². The highest BCUT2D eigenvalue weighted by Gasteiger charge is 2.29. The van der Waals surface area contributed by atoms with Crippen molar-refractivity contribution in [1.29, 1.82) is 0 Å². The van der Waals surface area contributed by atoms with Crippen LogP contribution in [0.1, 0.15) is 27.2 Å². The van der Waals surface area contributed by atoms with Crippen LogP contribution in [0.5, 0.6) is 0 Å². The number of nitrogens with one attached hydrogen (secondary N) is 1. The van der Waals surface area contributed by atoms with Gasteiger partial charge in [0.1, 0.15) is 0 Å². The van der Waals surface area contributed by atoms with Crippen LogP contribution in [0.15, 0.2) is 0 Å². The first-order chi connectivity index (χ1) is 7.62. The van der Waals surface area contributed by atoms with Crippen molar-refractivity contribution in [3.63, 3.8) is 0 Å². The van der Waals surface area contributed by atoms with Gasteiger partial charge in [0.2, 0.25) is 10.0 Å². The molecule has 1 unspecified atom stereocenters. The van der Waals surface area contributed by atoms with E-state index in [0.29, 0.717) is 13.0 Å². The molecule has 0 aromatic heterocycles. The molecule has 1 atom stereocenters. The molecule has 2 N–H and O–H groups in total. The zero-order valence-electron chi connectivity index (χ0n) is 10.7. The Hall–Kier alpha value is -0.660. The lowest BCUT2D eigenvalue weighted by Gasteiger charge is -2.25. The largest absolute Gasteiger partial charge is 0.480 e. The van der Waals surface area contributed by atoms with Gasteiger partial charge in [-0.1, -0.05) is 13.8 Å². The molecule has 0 spiro atoms. The maximum absolute atomic E-state index is 11.6.